The zero-order valence-electron chi connectivity index (χ0n) is 10.9. The molecule has 6 heteroatoms. The van der Waals surface area contributed by atoms with Crippen LogP contribution >= 0.6 is 0 Å². The highest BCUT2D eigenvalue weighted by atomic mass is 19.4. The van der Waals surface area contributed by atoms with Crippen LogP contribution in [0.1, 0.15) is 45.4 Å². The minimum Gasteiger partial charge on any atom is -0.332 e. The van der Waals surface area contributed by atoms with Gasteiger partial charge < -0.3 is 10.6 Å². The number of unbranched alkanes of at least 4 members (excludes halogenated alkanes) is 4. The minimum atomic E-state index is -4.35. The Labute approximate surface area is 107 Å². The molecular weight excluding hydrogens is 245 g/mol. The van der Waals surface area contributed by atoms with Gasteiger partial charge in [-0.15, -0.1) is 0 Å². The number of hydrogen-bond donors (Lipinski definition) is 1. The molecule has 0 radical (unpaired) electrons. The SMILES string of the molecule is CCCCCCCC(=O)N(CCN)CC(F)(F)F. The number of carbonyl (C=O) groups is 1. The van der Waals surface area contributed by atoms with E-state index in [1.165, 1.54) is 0 Å². The van der Waals surface area contributed by atoms with Gasteiger partial charge in [-0.1, -0.05) is 32.6 Å². The first-order chi connectivity index (χ1) is 8.40. The molecule has 0 saturated carbocycles. The summed E-state index contributed by atoms with van der Waals surface area (Å²) in [4.78, 5) is 12.4. The molecule has 0 aromatic rings. The van der Waals surface area contributed by atoms with E-state index in [4.69, 9.17) is 5.73 Å². The Morgan fingerprint density at radius 1 is 1.17 bits per heavy atom. The van der Waals surface area contributed by atoms with Crippen molar-refractivity contribution in [3.63, 3.8) is 0 Å². The molecule has 0 fully saturated rings. The molecule has 0 bridgehead atoms. The highest BCUT2D eigenvalue weighted by Crippen LogP contribution is 2.17. The van der Waals surface area contributed by atoms with Crippen molar-refractivity contribution in [2.24, 2.45) is 5.73 Å². The van der Waals surface area contributed by atoms with E-state index in [9.17, 15) is 18.0 Å². The van der Waals surface area contributed by atoms with E-state index in [0.717, 1.165) is 30.6 Å². The van der Waals surface area contributed by atoms with Gasteiger partial charge in [-0.2, -0.15) is 13.2 Å². The van der Waals surface area contributed by atoms with Gasteiger partial charge in [-0.25, -0.2) is 0 Å². The topological polar surface area (TPSA) is 46.3 Å². The van der Waals surface area contributed by atoms with Crippen LogP contribution in [0.5, 0.6) is 0 Å². The normalized spacial score (nSPS) is 11.6. The Hall–Kier alpha value is -0.780. The largest absolute Gasteiger partial charge is 0.406 e. The molecule has 0 saturated heterocycles. The highest BCUT2D eigenvalue weighted by Gasteiger charge is 2.32. The van der Waals surface area contributed by atoms with Gasteiger partial charge in [0.05, 0.1) is 0 Å². The fourth-order valence-corrected chi connectivity index (χ4v) is 1.70. The molecule has 0 rings (SSSR count). The lowest BCUT2D eigenvalue weighted by molar-refractivity contribution is -0.161. The van der Waals surface area contributed by atoms with E-state index < -0.39 is 18.6 Å². The second-order valence-corrected chi connectivity index (χ2v) is 4.38. The molecule has 3 nitrogen and oxygen atoms in total. The average Bonchev–Trinajstić information content (AvgIpc) is 2.26. The summed E-state index contributed by atoms with van der Waals surface area (Å²) in [6.45, 7) is 0.903. The van der Waals surface area contributed by atoms with Crippen molar-refractivity contribution in [1.82, 2.24) is 4.90 Å². The molecule has 0 heterocycles. The Kier molecular flexibility index (Phi) is 8.79. The monoisotopic (exact) mass is 268 g/mol. The fraction of sp³-hybridized carbons (Fsp3) is 0.917. The number of amides is 1. The van der Waals surface area contributed by atoms with Crippen LogP contribution in [0.25, 0.3) is 0 Å². The Morgan fingerprint density at radius 2 is 1.78 bits per heavy atom. The second-order valence-electron chi connectivity index (χ2n) is 4.38. The number of alkyl halides is 3. The molecule has 0 aromatic carbocycles. The van der Waals surface area contributed by atoms with Crippen LogP contribution in [0.3, 0.4) is 0 Å². The van der Waals surface area contributed by atoms with Gasteiger partial charge in [-0.05, 0) is 6.42 Å². The van der Waals surface area contributed by atoms with E-state index in [1.54, 1.807) is 0 Å². The minimum absolute atomic E-state index is 0.0344. The summed E-state index contributed by atoms with van der Waals surface area (Å²) in [5, 5.41) is 0. The van der Waals surface area contributed by atoms with Gasteiger partial charge >= 0.3 is 6.18 Å². The number of halogens is 3. The Bertz CT molecular complexity index is 232. The maximum atomic E-state index is 12.2. The van der Waals surface area contributed by atoms with Gasteiger partial charge in [0.25, 0.3) is 0 Å². The zero-order chi connectivity index (χ0) is 14.0. The lowest BCUT2D eigenvalue weighted by Gasteiger charge is -2.23. The third-order valence-corrected chi connectivity index (χ3v) is 2.62. The quantitative estimate of drug-likeness (QED) is 0.653. The van der Waals surface area contributed by atoms with Crippen molar-refractivity contribution >= 4 is 5.91 Å². The summed E-state index contributed by atoms with van der Waals surface area (Å²) in [7, 11) is 0. The summed E-state index contributed by atoms with van der Waals surface area (Å²) >= 11 is 0. The zero-order valence-corrected chi connectivity index (χ0v) is 10.9. The summed E-state index contributed by atoms with van der Waals surface area (Å²) < 4.78 is 36.7. The summed E-state index contributed by atoms with van der Waals surface area (Å²) in [6, 6.07) is 0. The Balaban J connectivity index is 3.99. The third kappa shape index (κ3) is 9.27. The predicted octanol–water partition coefficient (Wildman–Crippen LogP) is 2.70. The molecule has 1 amide bonds. The molecule has 0 aliphatic carbocycles. The van der Waals surface area contributed by atoms with Crippen LogP contribution in [0.2, 0.25) is 0 Å². The van der Waals surface area contributed by atoms with Crippen molar-refractivity contribution in [2.45, 2.75) is 51.6 Å². The van der Waals surface area contributed by atoms with Crippen molar-refractivity contribution in [1.29, 1.82) is 0 Å². The number of carbonyl (C=O) groups excluding carboxylic acids is 1. The van der Waals surface area contributed by atoms with Crippen LogP contribution in [0, 0.1) is 0 Å². The van der Waals surface area contributed by atoms with Crippen LogP contribution in [0.4, 0.5) is 13.2 Å². The lowest BCUT2D eigenvalue weighted by atomic mass is 10.1. The summed E-state index contributed by atoms with van der Waals surface area (Å²) in [5.74, 6) is -0.450. The van der Waals surface area contributed by atoms with Gasteiger partial charge in [-0.3, -0.25) is 4.79 Å². The highest BCUT2D eigenvalue weighted by molar-refractivity contribution is 5.76. The number of nitrogens with two attached hydrogens (primary N) is 1. The first-order valence-corrected chi connectivity index (χ1v) is 6.45. The number of hydrogen-bond acceptors (Lipinski definition) is 2. The van der Waals surface area contributed by atoms with Gasteiger partial charge in [0.1, 0.15) is 6.54 Å². The van der Waals surface area contributed by atoms with E-state index in [1.807, 2.05) is 0 Å². The maximum Gasteiger partial charge on any atom is 0.406 e. The van der Waals surface area contributed by atoms with Crippen LogP contribution in [-0.4, -0.2) is 36.6 Å². The van der Waals surface area contributed by atoms with Crippen LogP contribution in [-0.2, 0) is 4.79 Å². The smallest absolute Gasteiger partial charge is 0.332 e. The van der Waals surface area contributed by atoms with Crippen LogP contribution < -0.4 is 5.73 Å². The Morgan fingerprint density at radius 3 is 2.28 bits per heavy atom. The first-order valence-electron chi connectivity index (χ1n) is 6.45. The molecule has 18 heavy (non-hydrogen) atoms. The summed E-state index contributed by atoms with van der Waals surface area (Å²) in [6.07, 6.45) is 0.594. The van der Waals surface area contributed by atoms with Crippen molar-refractivity contribution in [3.05, 3.63) is 0 Å². The predicted molar refractivity (Wildman–Crippen MR) is 65.1 cm³/mol. The molecule has 2 N–H and O–H groups in total. The van der Waals surface area contributed by atoms with Crippen molar-refractivity contribution < 1.29 is 18.0 Å². The standard InChI is InChI=1S/C12H23F3N2O/c1-2-3-4-5-6-7-11(18)17(9-8-16)10-12(13,14)15/h2-10,16H2,1H3. The van der Waals surface area contributed by atoms with E-state index in [0.29, 0.717) is 6.42 Å². The number of nitrogens with zero attached hydrogens (tertiary/aromatic N) is 1. The number of rotatable bonds is 9. The second kappa shape index (κ2) is 9.19. The van der Waals surface area contributed by atoms with E-state index in [-0.39, 0.29) is 19.5 Å². The molecule has 0 unspecified atom stereocenters. The maximum absolute atomic E-state index is 12.2. The molecule has 0 atom stereocenters. The van der Waals surface area contributed by atoms with Crippen LogP contribution in [0.15, 0.2) is 0 Å². The molecule has 0 spiro atoms. The van der Waals surface area contributed by atoms with Gasteiger partial charge in [0.15, 0.2) is 0 Å². The average molecular weight is 268 g/mol. The summed E-state index contributed by atoms with van der Waals surface area (Å²) in [5.41, 5.74) is 5.22. The lowest BCUT2D eigenvalue weighted by Crippen LogP contribution is -2.41. The first kappa shape index (κ1) is 17.2. The molecular formula is C12H23F3N2O. The van der Waals surface area contributed by atoms with Crippen molar-refractivity contribution in [3.8, 4) is 0 Å². The van der Waals surface area contributed by atoms with E-state index in [2.05, 4.69) is 6.92 Å². The van der Waals surface area contributed by atoms with Gasteiger partial charge in [0.2, 0.25) is 5.91 Å². The van der Waals surface area contributed by atoms with E-state index >= 15 is 0 Å². The molecule has 0 aliphatic heterocycles. The molecule has 108 valence electrons. The fourth-order valence-electron chi connectivity index (χ4n) is 1.70. The molecule has 0 aromatic heterocycles. The van der Waals surface area contributed by atoms with Gasteiger partial charge in [0, 0.05) is 19.5 Å². The molecule has 0 aliphatic rings. The third-order valence-electron chi connectivity index (χ3n) is 2.62. The van der Waals surface area contributed by atoms with Crippen molar-refractivity contribution in [2.75, 3.05) is 19.6 Å².